The number of hydrogen-bond acceptors (Lipinski definition) is 3. The number of hydrogen-bond donors (Lipinski definition) is 2. The quantitative estimate of drug-likeness (QED) is 0.634. The van der Waals surface area contributed by atoms with E-state index >= 15 is 0 Å². The number of nitrogens with one attached hydrogen (secondary N) is 1. The van der Waals surface area contributed by atoms with Gasteiger partial charge in [-0.3, -0.25) is 9.78 Å². The standard InChI is InChI=1S/C22H17F3N2O3/c23-22(24,25)18-8-2-6-16(12-18)15-5-1-7-17(11-15)20(28)27-19(21(29)30)10-14-4-3-9-26-13-14/h1-9,11-13,19H,10H2,(H,27,28)(H,29,30)/t19-/m0/s1. The maximum atomic E-state index is 13.0. The molecule has 154 valence electrons. The first kappa shape index (κ1) is 21.0. The van der Waals surface area contributed by atoms with Gasteiger partial charge in [0.15, 0.2) is 0 Å². The summed E-state index contributed by atoms with van der Waals surface area (Å²) in [7, 11) is 0. The summed E-state index contributed by atoms with van der Waals surface area (Å²) in [5.41, 5.74) is 0.694. The second kappa shape index (κ2) is 8.77. The van der Waals surface area contributed by atoms with E-state index in [-0.39, 0.29) is 12.0 Å². The van der Waals surface area contributed by atoms with Gasteiger partial charge in [0, 0.05) is 24.4 Å². The summed E-state index contributed by atoms with van der Waals surface area (Å²) in [5, 5.41) is 11.9. The van der Waals surface area contributed by atoms with Gasteiger partial charge < -0.3 is 10.4 Å². The summed E-state index contributed by atoms with van der Waals surface area (Å²) in [6.45, 7) is 0. The Balaban J connectivity index is 1.81. The fourth-order valence-electron chi connectivity index (χ4n) is 2.91. The highest BCUT2D eigenvalue weighted by Gasteiger charge is 2.30. The molecule has 0 saturated carbocycles. The van der Waals surface area contributed by atoms with Crippen LogP contribution in [-0.4, -0.2) is 28.0 Å². The van der Waals surface area contributed by atoms with Gasteiger partial charge in [-0.05, 0) is 47.0 Å². The van der Waals surface area contributed by atoms with Crippen molar-refractivity contribution in [3.8, 4) is 11.1 Å². The first-order valence-electron chi connectivity index (χ1n) is 8.94. The van der Waals surface area contributed by atoms with Gasteiger partial charge in [-0.1, -0.05) is 30.3 Å². The zero-order valence-corrected chi connectivity index (χ0v) is 15.6. The fraction of sp³-hybridized carbons (Fsp3) is 0.136. The van der Waals surface area contributed by atoms with E-state index in [0.29, 0.717) is 16.7 Å². The molecule has 0 aliphatic carbocycles. The van der Waals surface area contributed by atoms with Crippen LogP contribution in [0, 0.1) is 0 Å². The predicted molar refractivity (Wildman–Crippen MR) is 104 cm³/mol. The van der Waals surface area contributed by atoms with Crippen LogP contribution in [-0.2, 0) is 17.4 Å². The first-order valence-corrected chi connectivity index (χ1v) is 8.94. The largest absolute Gasteiger partial charge is 0.480 e. The maximum absolute atomic E-state index is 13.0. The molecule has 3 aromatic rings. The van der Waals surface area contributed by atoms with E-state index in [1.54, 1.807) is 24.4 Å². The third-order valence-corrected chi connectivity index (χ3v) is 4.41. The maximum Gasteiger partial charge on any atom is 0.416 e. The average Bonchev–Trinajstić information content (AvgIpc) is 2.73. The molecule has 0 aliphatic heterocycles. The minimum absolute atomic E-state index is 0.0439. The van der Waals surface area contributed by atoms with E-state index < -0.39 is 29.7 Å². The number of aliphatic carboxylic acids is 1. The van der Waals surface area contributed by atoms with Gasteiger partial charge in [0.05, 0.1) is 5.56 Å². The van der Waals surface area contributed by atoms with Crippen molar-refractivity contribution >= 4 is 11.9 Å². The lowest BCUT2D eigenvalue weighted by Crippen LogP contribution is -2.42. The third-order valence-electron chi connectivity index (χ3n) is 4.41. The van der Waals surface area contributed by atoms with Gasteiger partial charge in [0.25, 0.3) is 5.91 Å². The van der Waals surface area contributed by atoms with Crippen LogP contribution in [0.4, 0.5) is 13.2 Å². The molecular weight excluding hydrogens is 397 g/mol. The molecular formula is C22H17F3N2O3. The lowest BCUT2D eigenvalue weighted by molar-refractivity contribution is -0.139. The number of alkyl halides is 3. The molecule has 0 aliphatic rings. The molecule has 1 atom stereocenters. The number of rotatable bonds is 6. The summed E-state index contributed by atoms with van der Waals surface area (Å²) in [6.07, 6.45) is -1.37. The minimum Gasteiger partial charge on any atom is -0.480 e. The van der Waals surface area contributed by atoms with Gasteiger partial charge in [0.1, 0.15) is 6.04 Å². The molecule has 1 aromatic heterocycles. The number of halogens is 3. The number of benzene rings is 2. The van der Waals surface area contributed by atoms with Crippen molar-refractivity contribution in [2.24, 2.45) is 0 Å². The highest BCUT2D eigenvalue weighted by molar-refractivity contribution is 5.97. The number of pyridine rings is 1. The van der Waals surface area contributed by atoms with Crippen molar-refractivity contribution in [2.75, 3.05) is 0 Å². The van der Waals surface area contributed by atoms with E-state index in [0.717, 1.165) is 12.1 Å². The molecule has 2 aromatic carbocycles. The molecule has 5 nitrogen and oxygen atoms in total. The van der Waals surface area contributed by atoms with E-state index in [4.69, 9.17) is 0 Å². The van der Waals surface area contributed by atoms with Crippen molar-refractivity contribution in [3.63, 3.8) is 0 Å². The Morgan fingerprint density at radius 1 is 1.00 bits per heavy atom. The topological polar surface area (TPSA) is 79.3 Å². The molecule has 0 fully saturated rings. The highest BCUT2D eigenvalue weighted by atomic mass is 19.4. The molecule has 8 heteroatoms. The summed E-state index contributed by atoms with van der Waals surface area (Å²) < 4.78 is 38.9. The number of carboxylic acid groups (broad SMARTS) is 1. The van der Waals surface area contributed by atoms with Crippen LogP contribution in [0.25, 0.3) is 11.1 Å². The Bertz CT molecular complexity index is 1050. The van der Waals surface area contributed by atoms with Crippen LogP contribution in [0.2, 0.25) is 0 Å². The Morgan fingerprint density at radius 2 is 1.70 bits per heavy atom. The second-order valence-electron chi connectivity index (χ2n) is 6.59. The number of carbonyl (C=O) groups excluding carboxylic acids is 1. The second-order valence-corrected chi connectivity index (χ2v) is 6.59. The number of carbonyl (C=O) groups is 2. The zero-order chi connectivity index (χ0) is 21.7. The molecule has 0 bridgehead atoms. The monoisotopic (exact) mass is 414 g/mol. The van der Waals surface area contributed by atoms with Crippen molar-refractivity contribution in [3.05, 3.63) is 89.7 Å². The minimum atomic E-state index is -4.48. The van der Waals surface area contributed by atoms with Crippen LogP contribution < -0.4 is 5.32 Å². The number of nitrogens with zero attached hydrogens (tertiary/aromatic N) is 1. The number of carboxylic acids is 1. The van der Waals surface area contributed by atoms with Gasteiger partial charge in [0.2, 0.25) is 0 Å². The molecule has 0 spiro atoms. The van der Waals surface area contributed by atoms with Crippen molar-refractivity contribution in [1.29, 1.82) is 0 Å². The van der Waals surface area contributed by atoms with Crippen molar-refractivity contribution in [2.45, 2.75) is 18.6 Å². The van der Waals surface area contributed by atoms with Crippen LogP contribution in [0.5, 0.6) is 0 Å². The first-order chi connectivity index (χ1) is 14.2. The molecule has 1 amide bonds. The lowest BCUT2D eigenvalue weighted by Gasteiger charge is -2.15. The highest BCUT2D eigenvalue weighted by Crippen LogP contribution is 2.32. The van der Waals surface area contributed by atoms with E-state index in [9.17, 15) is 27.9 Å². The zero-order valence-electron chi connectivity index (χ0n) is 15.6. The van der Waals surface area contributed by atoms with Crippen molar-refractivity contribution in [1.82, 2.24) is 10.3 Å². The van der Waals surface area contributed by atoms with Gasteiger partial charge >= 0.3 is 12.1 Å². The number of aromatic nitrogens is 1. The van der Waals surface area contributed by atoms with E-state index in [1.165, 1.54) is 36.5 Å². The van der Waals surface area contributed by atoms with Gasteiger partial charge in [-0.25, -0.2) is 4.79 Å². The normalized spacial score (nSPS) is 12.2. The van der Waals surface area contributed by atoms with Crippen molar-refractivity contribution < 1.29 is 27.9 Å². The third kappa shape index (κ3) is 5.22. The van der Waals surface area contributed by atoms with Gasteiger partial charge in [-0.15, -0.1) is 0 Å². The Morgan fingerprint density at radius 3 is 2.33 bits per heavy atom. The summed E-state index contributed by atoms with van der Waals surface area (Å²) in [6, 6.07) is 12.9. The SMILES string of the molecule is O=C(N[C@@H](Cc1cccnc1)C(=O)O)c1cccc(-c2cccc(C(F)(F)F)c2)c1. The smallest absolute Gasteiger partial charge is 0.416 e. The van der Waals surface area contributed by atoms with E-state index in [1.807, 2.05) is 0 Å². The van der Waals surface area contributed by atoms with Crippen LogP contribution in [0.3, 0.4) is 0 Å². The molecule has 2 N–H and O–H groups in total. The number of amides is 1. The molecule has 0 radical (unpaired) electrons. The summed E-state index contributed by atoms with van der Waals surface area (Å²) in [4.78, 5) is 28.1. The van der Waals surface area contributed by atoms with Crippen LogP contribution in [0.1, 0.15) is 21.5 Å². The summed E-state index contributed by atoms with van der Waals surface area (Å²) >= 11 is 0. The average molecular weight is 414 g/mol. The lowest BCUT2D eigenvalue weighted by atomic mass is 10.0. The predicted octanol–water partition coefficient (Wildman–Crippen LogP) is 4.19. The van der Waals surface area contributed by atoms with Crippen LogP contribution >= 0.6 is 0 Å². The summed E-state index contributed by atoms with van der Waals surface area (Å²) in [5.74, 6) is -1.85. The molecule has 0 saturated heterocycles. The molecule has 0 unspecified atom stereocenters. The van der Waals surface area contributed by atoms with E-state index in [2.05, 4.69) is 10.3 Å². The molecule has 30 heavy (non-hydrogen) atoms. The Kier molecular flexibility index (Phi) is 6.15. The Labute approximate surface area is 170 Å². The Hall–Kier alpha value is -3.68. The molecule has 3 rings (SSSR count). The van der Waals surface area contributed by atoms with Gasteiger partial charge in [-0.2, -0.15) is 13.2 Å². The fourth-order valence-corrected chi connectivity index (χ4v) is 2.91. The molecule has 1 heterocycles. The van der Waals surface area contributed by atoms with Crippen LogP contribution in [0.15, 0.2) is 73.1 Å².